The Labute approximate surface area is 79.2 Å². The van der Waals surface area contributed by atoms with Gasteiger partial charge in [0.25, 0.3) is 0 Å². The van der Waals surface area contributed by atoms with Crippen LogP contribution in [-0.2, 0) is 0 Å². The quantitative estimate of drug-likeness (QED) is 0.693. The molecule has 0 aliphatic rings. The van der Waals surface area contributed by atoms with Crippen molar-refractivity contribution >= 4 is 0 Å². The molecule has 0 radical (unpaired) electrons. The van der Waals surface area contributed by atoms with E-state index >= 15 is 0 Å². The summed E-state index contributed by atoms with van der Waals surface area (Å²) in [6.45, 7) is 1.52. The van der Waals surface area contributed by atoms with Crippen LogP contribution in [0.3, 0.4) is 0 Å². The van der Waals surface area contributed by atoms with Gasteiger partial charge < -0.3 is 10.1 Å². The molecule has 13 heavy (non-hydrogen) atoms. The van der Waals surface area contributed by atoms with Gasteiger partial charge in [0.1, 0.15) is 12.4 Å². The summed E-state index contributed by atoms with van der Waals surface area (Å²) in [4.78, 5) is 0. The monoisotopic (exact) mass is 177 g/mol. The van der Waals surface area contributed by atoms with Gasteiger partial charge in [0.05, 0.1) is 0 Å². The minimum Gasteiger partial charge on any atom is -0.490 e. The Hall–Kier alpha value is -1.28. The highest BCUT2D eigenvalue weighted by Crippen LogP contribution is 2.07. The molecule has 0 aliphatic carbocycles. The van der Waals surface area contributed by atoms with Gasteiger partial charge in [0, 0.05) is 6.54 Å². The molecule has 1 aromatic rings. The summed E-state index contributed by atoms with van der Waals surface area (Å²) in [7, 11) is 1.92. The number of hydrogen-bond acceptors (Lipinski definition) is 2. The molecule has 1 N–H and O–H groups in total. The van der Waals surface area contributed by atoms with Crippen molar-refractivity contribution in [3.05, 3.63) is 42.5 Å². The van der Waals surface area contributed by atoms with Gasteiger partial charge in [-0.05, 0) is 19.2 Å². The van der Waals surface area contributed by atoms with E-state index < -0.39 is 0 Å². The smallest absolute Gasteiger partial charge is 0.119 e. The van der Waals surface area contributed by atoms with Crippen LogP contribution in [0.5, 0.6) is 5.75 Å². The van der Waals surface area contributed by atoms with Gasteiger partial charge in [-0.2, -0.15) is 0 Å². The normalized spacial score (nSPS) is 10.5. The van der Waals surface area contributed by atoms with Crippen molar-refractivity contribution in [1.82, 2.24) is 5.32 Å². The molecule has 2 heteroatoms. The van der Waals surface area contributed by atoms with Crippen LogP contribution in [0.1, 0.15) is 0 Å². The Morgan fingerprint density at radius 3 is 2.69 bits per heavy atom. The van der Waals surface area contributed by atoms with Gasteiger partial charge in [0.15, 0.2) is 0 Å². The first-order valence-electron chi connectivity index (χ1n) is 4.41. The standard InChI is InChI=1S/C11H15NO/c1-12-9-5-6-10-13-11-7-3-2-4-8-11/h2-8,12H,9-10H2,1H3. The second kappa shape index (κ2) is 6.26. The molecule has 70 valence electrons. The van der Waals surface area contributed by atoms with E-state index in [-0.39, 0.29) is 0 Å². The lowest BCUT2D eigenvalue weighted by molar-refractivity contribution is 0.362. The molecule has 1 aromatic carbocycles. The van der Waals surface area contributed by atoms with Gasteiger partial charge in [-0.15, -0.1) is 0 Å². The minimum atomic E-state index is 0.631. The van der Waals surface area contributed by atoms with Crippen LogP contribution >= 0.6 is 0 Å². The van der Waals surface area contributed by atoms with Crippen molar-refractivity contribution < 1.29 is 4.74 Å². The predicted molar refractivity (Wildman–Crippen MR) is 55.0 cm³/mol. The van der Waals surface area contributed by atoms with Crippen LogP contribution in [-0.4, -0.2) is 20.2 Å². The summed E-state index contributed by atoms with van der Waals surface area (Å²) in [5, 5.41) is 3.02. The van der Waals surface area contributed by atoms with Crippen LogP contribution in [0.15, 0.2) is 42.5 Å². The fourth-order valence-corrected chi connectivity index (χ4v) is 0.930. The first-order chi connectivity index (χ1) is 6.43. The molecular weight excluding hydrogens is 162 g/mol. The Bertz CT molecular complexity index is 244. The largest absolute Gasteiger partial charge is 0.490 e. The topological polar surface area (TPSA) is 21.3 Å². The van der Waals surface area contributed by atoms with Crippen LogP contribution < -0.4 is 10.1 Å². The van der Waals surface area contributed by atoms with Crippen molar-refractivity contribution in [2.24, 2.45) is 0 Å². The summed E-state index contributed by atoms with van der Waals surface area (Å²) in [5.41, 5.74) is 0. The summed E-state index contributed by atoms with van der Waals surface area (Å²) in [5.74, 6) is 0.914. The number of para-hydroxylation sites is 1. The van der Waals surface area contributed by atoms with Crippen molar-refractivity contribution in [2.75, 3.05) is 20.2 Å². The van der Waals surface area contributed by atoms with Crippen molar-refractivity contribution in [2.45, 2.75) is 0 Å². The summed E-state index contributed by atoms with van der Waals surface area (Å²) < 4.78 is 5.44. The second-order valence-electron chi connectivity index (χ2n) is 2.65. The van der Waals surface area contributed by atoms with E-state index in [1.807, 2.05) is 49.5 Å². The van der Waals surface area contributed by atoms with E-state index in [0.717, 1.165) is 12.3 Å². The van der Waals surface area contributed by atoms with Crippen molar-refractivity contribution in [3.8, 4) is 5.75 Å². The SMILES string of the molecule is CNCC=CCOc1ccccc1. The molecule has 0 heterocycles. The number of rotatable bonds is 5. The van der Waals surface area contributed by atoms with Gasteiger partial charge in [-0.1, -0.05) is 30.4 Å². The molecule has 0 fully saturated rings. The average molecular weight is 177 g/mol. The van der Waals surface area contributed by atoms with Gasteiger partial charge in [0.2, 0.25) is 0 Å². The highest BCUT2D eigenvalue weighted by atomic mass is 16.5. The third kappa shape index (κ3) is 4.33. The minimum absolute atomic E-state index is 0.631. The third-order valence-electron chi connectivity index (χ3n) is 1.58. The molecule has 0 amide bonds. The number of ether oxygens (including phenoxy) is 1. The molecule has 0 aliphatic heterocycles. The lowest BCUT2D eigenvalue weighted by Gasteiger charge is -2.01. The van der Waals surface area contributed by atoms with Gasteiger partial charge in [-0.3, -0.25) is 0 Å². The summed E-state index contributed by atoms with van der Waals surface area (Å²) in [6.07, 6.45) is 4.05. The molecule has 0 bridgehead atoms. The lowest BCUT2D eigenvalue weighted by Crippen LogP contribution is -2.04. The number of benzene rings is 1. The average Bonchev–Trinajstić information content (AvgIpc) is 2.19. The maximum absolute atomic E-state index is 5.44. The van der Waals surface area contributed by atoms with Crippen molar-refractivity contribution in [1.29, 1.82) is 0 Å². The fraction of sp³-hybridized carbons (Fsp3) is 0.273. The highest BCUT2D eigenvalue weighted by Gasteiger charge is 1.86. The van der Waals surface area contributed by atoms with E-state index in [2.05, 4.69) is 5.32 Å². The predicted octanol–water partition coefficient (Wildman–Crippen LogP) is 1.84. The zero-order chi connectivity index (χ0) is 9.36. The lowest BCUT2D eigenvalue weighted by atomic mass is 10.3. The van der Waals surface area contributed by atoms with E-state index in [4.69, 9.17) is 4.74 Å². The number of nitrogens with one attached hydrogen (secondary N) is 1. The van der Waals surface area contributed by atoms with Crippen molar-refractivity contribution in [3.63, 3.8) is 0 Å². The highest BCUT2D eigenvalue weighted by molar-refractivity contribution is 5.21. The molecule has 0 unspecified atom stereocenters. The first-order valence-corrected chi connectivity index (χ1v) is 4.41. The Balaban J connectivity index is 2.20. The molecule has 0 atom stereocenters. The van der Waals surface area contributed by atoms with Crippen LogP contribution in [0.4, 0.5) is 0 Å². The molecule has 1 rings (SSSR count). The van der Waals surface area contributed by atoms with Crippen LogP contribution in [0.2, 0.25) is 0 Å². The third-order valence-corrected chi connectivity index (χ3v) is 1.58. The molecule has 0 aromatic heterocycles. The van der Waals surface area contributed by atoms with Crippen LogP contribution in [0.25, 0.3) is 0 Å². The Morgan fingerprint density at radius 2 is 2.00 bits per heavy atom. The second-order valence-corrected chi connectivity index (χ2v) is 2.65. The Kier molecular flexibility index (Phi) is 4.72. The zero-order valence-electron chi connectivity index (χ0n) is 7.86. The maximum Gasteiger partial charge on any atom is 0.119 e. The molecule has 2 nitrogen and oxygen atoms in total. The first kappa shape index (κ1) is 9.81. The van der Waals surface area contributed by atoms with Crippen LogP contribution in [0, 0.1) is 0 Å². The van der Waals surface area contributed by atoms with E-state index in [1.165, 1.54) is 0 Å². The van der Waals surface area contributed by atoms with Gasteiger partial charge in [-0.25, -0.2) is 0 Å². The Morgan fingerprint density at radius 1 is 1.23 bits per heavy atom. The van der Waals surface area contributed by atoms with E-state index in [9.17, 15) is 0 Å². The molecule has 0 saturated heterocycles. The summed E-state index contributed by atoms with van der Waals surface area (Å²) in [6, 6.07) is 9.81. The molecule has 0 spiro atoms. The van der Waals surface area contributed by atoms with Gasteiger partial charge >= 0.3 is 0 Å². The zero-order valence-corrected chi connectivity index (χ0v) is 7.86. The fourth-order valence-electron chi connectivity index (χ4n) is 0.930. The maximum atomic E-state index is 5.44. The number of hydrogen-bond donors (Lipinski definition) is 1. The number of likely N-dealkylation sites (N-methyl/N-ethyl adjacent to an activating group) is 1. The molecule has 0 saturated carbocycles. The molecular formula is C11H15NO. The summed E-state index contributed by atoms with van der Waals surface area (Å²) >= 11 is 0. The van der Waals surface area contributed by atoms with E-state index in [0.29, 0.717) is 6.61 Å². The van der Waals surface area contributed by atoms with E-state index in [1.54, 1.807) is 0 Å².